The van der Waals surface area contributed by atoms with Crippen molar-refractivity contribution in [3.63, 3.8) is 0 Å². The summed E-state index contributed by atoms with van der Waals surface area (Å²) >= 11 is 0. The predicted molar refractivity (Wildman–Crippen MR) is 171 cm³/mol. The Morgan fingerprint density at radius 2 is 1.40 bits per heavy atom. The molecule has 0 spiro atoms. The van der Waals surface area contributed by atoms with E-state index in [1.54, 1.807) is 33.3 Å². The van der Waals surface area contributed by atoms with E-state index in [2.05, 4.69) is 25.3 Å². The fourth-order valence-corrected chi connectivity index (χ4v) is 4.65. The Morgan fingerprint density at radius 1 is 0.787 bits per heavy atom. The first-order chi connectivity index (χ1) is 22.6. The van der Waals surface area contributed by atoms with Gasteiger partial charge < -0.3 is 30.2 Å². The predicted octanol–water partition coefficient (Wildman–Crippen LogP) is 6.18. The van der Waals surface area contributed by atoms with Crippen molar-refractivity contribution >= 4 is 17.5 Å². The van der Waals surface area contributed by atoms with Gasteiger partial charge in [0.15, 0.2) is 5.82 Å². The van der Waals surface area contributed by atoms with Gasteiger partial charge in [-0.2, -0.15) is 23.1 Å². The standard InChI is InChI=1S/C33H33F3N8O3/c1-20-40-31(27-15-23(29(37)33(34,35)36)16-39-30(27)42-24-9-14-28(47-4)38-17-24)43-32(41-20)44(18-21-5-10-25(45-2)11-6-21)19-22-7-12-26(46-3)13-8-22/h5-17,29H,18-19,37H2,1-4H3,(H,39,42). The highest BCUT2D eigenvalue weighted by molar-refractivity contribution is 5.75. The van der Waals surface area contributed by atoms with E-state index in [1.165, 1.54) is 19.4 Å². The number of hydrogen-bond acceptors (Lipinski definition) is 11. The molecule has 0 aliphatic carbocycles. The van der Waals surface area contributed by atoms with Gasteiger partial charge >= 0.3 is 6.18 Å². The van der Waals surface area contributed by atoms with Crippen LogP contribution in [-0.4, -0.2) is 52.4 Å². The van der Waals surface area contributed by atoms with Gasteiger partial charge in [0.1, 0.15) is 29.2 Å². The third kappa shape index (κ3) is 8.21. The Labute approximate surface area is 269 Å². The molecule has 5 rings (SSSR count). The van der Waals surface area contributed by atoms with Gasteiger partial charge in [0.05, 0.1) is 38.8 Å². The summed E-state index contributed by atoms with van der Waals surface area (Å²) in [6.07, 6.45) is -2.10. The van der Waals surface area contributed by atoms with Crippen molar-refractivity contribution in [2.45, 2.75) is 32.2 Å². The Morgan fingerprint density at radius 3 is 1.91 bits per heavy atom. The van der Waals surface area contributed by atoms with Gasteiger partial charge in [-0.05, 0) is 60.0 Å². The molecule has 0 saturated carbocycles. The van der Waals surface area contributed by atoms with Crippen LogP contribution in [0.25, 0.3) is 11.4 Å². The fourth-order valence-electron chi connectivity index (χ4n) is 4.65. The van der Waals surface area contributed by atoms with Crippen molar-refractivity contribution in [2.24, 2.45) is 5.73 Å². The van der Waals surface area contributed by atoms with Gasteiger partial charge in [0.25, 0.3) is 0 Å². The molecule has 0 radical (unpaired) electrons. The van der Waals surface area contributed by atoms with Crippen LogP contribution in [0, 0.1) is 6.92 Å². The Hall–Kier alpha value is -5.50. The molecule has 0 fully saturated rings. The number of aryl methyl sites for hydroxylation is 1. The van der Waals surface area contributed by atoms with E-state index < -0.39 is 12.2 Å². The lowest BCUT2D eigenvalue weighted by Crippen LogP contribution is -2.28. The van der Waals surface area contributed by atoms with Crippen LogP contribution in [-0.2, 0) is 13.1 Å². The summed E-state index contributed by atoms with van der Waals surface area (Å²) in [5.41, 5.74) is 7.95. The zero-order valence-corrected chi connectivity index (χ0v) is 26.1. The molecule has 0 amide bonds. The van der Waals surface area contributed by atoms with Crippen LogP contribution >= 0.6 is 0 Å². The van der Waals surface area contributed by atoms with E-state index in [0.29, 0.717) is 47.9 Å². The van der Waals surface area contributed by atoms with Crippen molar-refractivity contribution in [1.82, 2.24) is 24.9 Å². The minimum Gasteiger partial charge on any atom is -0.497 e. The molecule has 5 aromatic rings. The maximum absolute atomic E-state index is 13.7. The number of pyridine rings is 2. The number of methoxy groups -OCH3 is 3. The summed E-state index contributed by atoms with van der Waals surface area (Å²) in [6.45, 7) is 2.49. The van der Waals surface area contributed by atoms with Crippen LogP contribution in [0.3, 0.4) is 0 Å². The van der Waals surface area contributed by atoms with Gasteiger partial charge in [0.2, 0.25) is 11.8 Å². The molecule has 0 aliphatic heterocycles. The first kappa shape index (κ1) is 32.9. The summed E-state index contributed by atoms with van der Waals surface area (Å²) in [7, 11) is 4.69. The van der Waals surface area contributed by atoms with Crippen molar-refractivity contribution in [3.8, 4) is 28.8 Å². The van der Waals surface area contributed by atoms with Crippen molar-refractivity contribution in [3.05, 3.63) is 102 Å². The van der Waals surface area contributed by atoms with Crippen LogP contribution in [0.2, 0.25) is 0 Å². The second-order valence-electron chi connectivity index (χ2n) is 10.5. The van der Waals surface area contributed by atoms with Crippen LogP contribution in [0.1, 0.15) is 28.6 Å². The largest absolute Gasteiger partial charge is 0.497 e. The van der Waals surface area contributed by atoms with Gasteiger partial charge in [-0.3, -0.25) is 0 Å². The maximum atomic E-state index is 13.7. The molecule has 2 aromatic carbocycles. The van der Waals surface area contributed by atoms with E-state index >= 15 is 0 Å². The van der Waals surface area contributed by atoms with Crippen LogP contribution in [0.15, 0.2) is 79.1 Å². The lowest BCUT2D eigenvalue weighted by atomic mass is 10.1. The number of aromatic nitrogens is 5. The Kier molecular flexibility index (Phi) is 10.00. The molecule has 3 aromatic heterocycles. The smallest absolute Gasteiger partial charge is 0.407 e. The highest BCUT2D eigenvalue weighted by Crippen LogP contribution is 2.35. The van der Waals surface area contributed by atoms with Crippen molar-refractivity contribution in [1.29, 1.82) is 0 Å². The molecule has 11 nitrogen and oxygen atoms in total. The third-order valence-corrected chi connectivity index (χ3v) is 7.15. The number of nitrogens with zero attached hydrogens (tertiary/aromatic N) is 6. The average Bonchev–Trinajstić information content (AvgIpc) is 3.08. The lowest BCUT2D eigenvalue weighted by molar-refractivity contribution is -0.149. The fraction of sp³-hybridized carbons (Fsp3) is 0.242. The molecule has 0 bridgehead atoms. The second kappa shape index (κ2) is 14.3. The highest BCUT2D eigenvalue weighted by Gasteiger charge is 2.38. The van der Waals surface area contributed by atoms with Crippen LogP contribution in [0.4, 0.5) is 30.6 Å². The molecule has 47 heavy (non-hydrogen) atoms. The number of halogens is 3. The first-order valence-corrected chi connectivity index (χ1v) is 14.4. The Balaban J connectivity index is 1.59. The number of nitrogens with one attached hydrogen (secondary N) is 1. The SMILES string of the molecule is COc1ccc(CN(Cc2ccc(OC)cc2)c2nc(C)nc(-c3cc(C(N)C(F)(F)F)cnc3Nc3ccc(OC)nc3)n2)cc1. The van der Waals surface area contributed by atoms with Gasteiger partial charge in [-0.1, -0.05) is 24.3 Å². The minimum atomic E-state index is -4.69. The molecule has 3 heterocycles. The molecular formula is C33H33F3N8O3. The number of anilines is 3. The summed E-state index contributed by atoms with van der Waals surface area (Å²) in [4.78, 5) is 24.4. The normalized spacial score (nSPS) is 11.9. The lowest BCUT2D eigenvalue weighted by Gasteiger charge is -2.24. The van der Waals surface area contributed by atoms with Gasteiger partial charge in [-0.15, -0.1) is 0 Å². The second-order valence-corrected chi connectivity index (χ2v) is 10.5. The number of rotatable bonds is 12. The highest BCUT2D eigenvalue weighted by atomic mass is 19.4. The molecule has 1 unspecified atom stereocenters. The van der Waals surface area contributed by atoms with E-state index in [4.69, 9.17) is 24.9 Å². The summed E-state index contributed by atoms with van der Waals surface area (Å²) < 4.78 is 56.8. The van der Waals surface area contributed by atoms with Crippen LogP contribution in [0.5, 0.6) is 17.4 Å². The van der Waals surface area contributed by atoms with Crippen molar-refractivity contribution in [2.75, 3.05) is 31.5 Å². The zero-order chi connectivity index (χ0) is 33.6. The summed E-state index contributed by atoms with van der Waals surface area (Å²) in [6, 6.07) is 17.5. The molecular weight excluding hydrogens is 613 g/mol. The zero-order valence-electron chi connectivity index (χ0n) is 26.1. The number of alkyl halides is 3. The minimum absolute atomic E-state index is 0.106. The molecule has 14 heteroatoms. The number of nitrogens with two attached hydrogens (primary N) is 1. The van der Waals surface area contributed by atoms with E-state index in [-0.39, 0.29) is 22.8 Å². The topological polar surface area (TPSA) is 133 Å². The number of hydrogen-bond donors (Lipinski definition) is 2. The maximum Gasteiger partial charge on any atom is 0.407 e. The summed E-state index contributed by atoms with van der Waals surface area (Å²) in [5.74, 6) is 2.78. The number of benzene rings is 2. The van der Waals surface area contributed by atoms with E-state index in [0.717, 1.165) is 17.3 Å². The van der Waals surface area contributed by atoms with E-state index in [9.17, 15) is 13.2 Å². The molecule has 0 saturated heterocycles. The molecule has 0 aliphatic rings. The third-order valence-electron chi connectivity index (χ3n) is 7.15. The Bertz CT molecular complexity index is 1740. The number of ether oxygens (including phenoxy) is 3. The van der Waals surface area contributed by atoms with Gasteiger partial charge in [0, 0.05) is 25.4 Å². The van der Waals surface area contributed by atoms with Gasteiger partial charge in [-0.25, -0.2) is 15.0 Å². The van der Waals surface area contributed by atoms with E-state index in [1.807, 2.05) is 53.4 Å². The quantitative estimate of drug-likeness (QED) is 0.161. The monoisotopic (exact) mass is 646 g/mol. The summed E-state index contributed by atoms with van der Waals surface area (Å²) in [5, 5.41) is 3.11. The molecule has 3 N–H and O–H groups in total. The molecule has 1 atom stereocenters. The molecule has 244 valence electrons. The first-order valence-electron chi connectivity index (χ1n) is 14.4. The average molecular weight is 647 g/mol. The van der Waals surface area contributed by atoms with Crippen molar-refractivity contribution < 1.29 is 27.4 Å². The van der Waals surface area contributed by atoms with Crippen LogP contribution < -0.4 is 30.2 Å².